The average molecular weight is 306 g/mol. The summed E-state index contributed by atoms with van der Waals surface area (Å²) in [6.07, 6.45) is 0.464. The van der Waals surface area contributed by atoms with Gasteiger partial charge in [0.25, 0.3) is 0 Å². The normalized spacial score (nSPS) is 13.3. The fourth-order valence-electron chi connectivity index (χ4n) is 3.10. The summed E-state index contributed by atoms with van der Waals surface area (Å²) in [5.74, 6) is 0.543. The number of ether oxygens (including phenoxy) is 1. The molecule has 0 atom stereocenters. The monoisotopic (exact) mass is 306 g/mol. The summed E-state index contributed by atoms with van der Waals surface area (Å²) in [5.41, 5.74) is 3.72. The van der Waals surface area contributed by atoms with Crippen molar-refractivity contribution in [1.82, 2.24) is 9.55 Å². The Balaban J connectivity index is 1.94. The Kier molecular flexibility index (Phi) is 3.01. The Morgan fingerprint density at radius 2 is 2.04 bits per heavy atom. The van der Waals surface area contributed by atoms with Gasteiger partial charge in [-0.15, -0.1) is 0 Å². The van der Waals surface area contributed by atoms with Crippen LogP contribution < -0.4 is 0 Å². The summed E-state index contributed by atoms with van der Waals surface area (Å²) in [4.78, 5) is 28.5. The highest BCUT2D eigenvalue weighted by molar-refractivity contribution is 6.08. The number of para-hydroxylation sites is 1. The molecular weight excluding hydrogens is 292 g/mol. The molecule has 0 radical (unpaired) electrons. The molecule has 3 aromatic rings. The van der Waals surface area contributed by atoms with Crippen LogP contribution >= 0.6 is 0 Å². The van der Waals surface area contributed by atoms with Gasteiger partial charge in [0.2, 0.25) is 0 Å². The number of rotatable bonds is 2. The van der Waals surface area contributed by atoms with Crippen LogP contribution in [0, 0.1) is 0 Å². The molecule has 0 unspecified atom stereocenters. The molecule has 0 fully saturated rings. The van der Waals surface area contributed by atoms with Crippen molar-refractivity contribution in [2.45, 2.75) is 13.0 Å². The summed E-state index contributed by atoms with van der Waals surface area (Å²) in [6, 6.07) is 12.8. The first kappa shape index (κ1) is 13.7. The zero-order chi connectivity index (χ0) is 16.0. The minimum atomic E-state index is -0.377. The van der Waals surface area contributed by atoms with Crippen molar-refractivity contribution >= 4 is 22.8 Å². The van der Waals surface area contributed by atoms with Crippen LogP contribution in [-0.4, -0.2) is 28.4 Å². The van der Waals surface area contributed by atoms with Crippen molar-refractivity contribution in [3.8, 4) is 11.4 Å². The Labute approximate surface area is 132 Å². The predicted octanol–water partition coefficient (Wildman–Crippen LogP) is 3.08. The van der Waals surface area contributed by atoms with E-state index in [9.17, 15) is 9.59 Å². The van der Waals surface area contributed by atoms with E-state index < -0.39 is 0 Å². The molecule has 0 amide bonds. The lowest BCUT2D eigenvalue weighted by Gasteiger charge is -2.16. The molecular formula is C18H14N2O3. The molecule has 0 bridgehead atoms. The maximum Gasteiger partial charge on any atom is 0.337 e. The largest absolute Gasteiger partial charge is 0.465 e. The van der Waals surface area contributed by atoms with Gasteiger partial charge in [-0.05, 0) is 24.3 Å². The lowest BCUT2D eigenvalue weighted by Crippen LogP contribution is -2.14. The van der Waals surface area contributed by atoms with Crippen LogP contribution in [0.1, 0.15) is 27.1 Å². The van der Waals surface area contributed by atoms with Gasteiger partial charge in [-0.25, -0.2) is 9.78 Å². The van der Waals surface area contributed by atoms with Gasteiger partial charge in [-0.1, -0.05) is 18.2 Å². The molecule has 1 aliphatic heterocycles. The summed E-state index contributed by atoms with van der Waals surface area (Å²) in [7, 11) is 1.36. The second kappa shape index (κ2) is 5.05. The number of nitrogens with zero attached hydrogens (tertiary/aromatic N) is 2. The van der Waals surface area contributed by atoms with E-state index in [-0.39, 0.29) is 11.8 Å². The van der Waals surface area contributed by atoms with Crippen LogP contribution in [0.5, 0.6) is 0 Å². The van der Waals surface area contributed by atoms with Gasteiger partial charge in [0, 0.05) is 24.1 Å². The lowest BCUT2D eigenvalue weighted by atomic mass is 10.0. The first-order chi connectivity index (χ1) is 11.2. The first-order valence-corrected chi connectivity index (χ1v) is 7.40. The molecule has 0 saturated carbocycles. The highest BCUT2D eigenvalue weighted by atomic mass is 16.5. The van der Waals surface area contributed by atoms with Gasteiger partial charge < -0.3 is 9.30 Å². The third-order valence-corrected chi connectivity index (χ3v) is 4.17. The van der Waals surface area contributed by atoms with Crippen LogP contribution in [0.15, 0.2) is 42.5 Å². The van der Waals surface area contributed by atoms with Crippen LogP contribution in [0.2, 0.25) is 0 Å². The van der Waals surface area contributed by atoms with Crippen molar-refractivity contribution < 1.29 is 14.3 Å². The van der Waals surface area contributed by atoms with Gasteiger partial charge >= 0.3 is 5.97 Å². The molecule has 0 N–H and O–H groups in total. The Hall–Kier alpha value is -2.95. The smallest absolute Gasteiger partial charge is 0.337 e. The Bertz CT molecular complexity index is 956. The molecule has 0 aliphatic carbocycles. The minimum Gasteiger partial charge on any atom is -0.465 e. The summed E-state index contributed by atoms with van der Waals surface area (Å²) < 4.78 is 6.83. The van der Waals surface area contributed by atoms with E-state index in [0.717, 1.165) is 28.0 Å². The van der Waals surface area contributed by atoms with E-state index in [0.29, 0.717) is 18.5 Å². The molecule has 1 aliphatic rings. The van der Waals surface area contributed by atoms with E-state index in [4.69, 9.17) is 4.74 Å². The number of imidazole rings is 1. The number of carbonyl (C=O) groups is 2. The summed E-state index contributed by atoms with van der Waals surface area (Å²) >= 11 is 0. The molecule has 114 valence electrons. The van der Waals surface area contributed by atoms with Crippen LogP contribution in [0.25, 0.3) is 22.4 Å². The number of esters is 1. The number of hydrogen-bond acceptors (Lipinski definition) is 4. The number of aromatic nitrogens is 2. The maximum atomic E-state index is 12.1. The third-order valence-electron chi connectivity index (χ3n) is 4.17. The highest BCUT2D eigenvalue weighted by Crippen LogP contribution is 2.31. The molecule has 5 nitrogen and oxygen atoms in total. The SMILES string of the molecule is COC(=O)c1cccc(-c2nc3cccc4c3n2CCC4=O)c1. The fraction of sp³-hybridized carbons (Fsp3) is 0.167. The maximum absolute atomic E-state index is 12.1. The summed E-state index contributed by atoms with van der Waals surface area (Å²) in [5, 5.41) is 0. The van der Waals surface area contributed by atoms with E-state index in [1.807, 2.05) is 30.3 Å². The summed E-state index contributed by atoms with van der Waals surface area (Å²) in [6.45, 7) is 0.601. The number of carbonyl (C=O) groups excluding carboxylic acids is 2. The molecule has 2 heterocycles. The topological polar surface area (TPSA) is 61.2 Å². The number of ketones is 1. The quantitative estimate of drug-likeness (QED) is 0.683. The molecule has 2 aromatic carbocycles. The number of aryl methyl sites for hydroxylation is 1. The number of methoxy groups -OCH3 is 1. The van der Waals surface area contributed by atoms with Crippen LogP contribution in [0.4, 0.5) is 0 Å². The van der Waals surface area contributed by atoms with E-state index >= 15 is 0 Å². The third kappa shape index (κ3) is 2.04. The van der Waals surface area contributed by atoms with Crippen LogP contribution in [-0.2, 0) is 11.3 Å². The van der Waals surface area contributed by atoms with Crippen molar-refractivity contribution in [2.24, 2.45) is 0 Å². The number of Topliss-reactive ketones (excluding diaryl/α,β-unsaturated/α-hetero) is 1. The van der Waals surface area contributed by atoms with Gasteiger partial charge in [0.05, 0.1) is 23.7 Å². The van der Waals surface area contributed by atoms with E-state index in [2.05, 4.69) is 9.55 Å². The van der Waals surface area contributed by atoms with E-state index in [1.54, 1.807) is 12.1 Å². The standard InChI is InChI=1S/C18H14N2O3/c1-23-18(22)12-5-2-4-11(10-12)17-19-14-7-3-6-13-15(21)8-9-20(17)16(13)14/h2-7,10H,8-9H2,1H3. The van der Waals surface area contributed by atoms with Crippen molar-refractivity contribution in [3.63, 3.8) is 0 Å². The zero-order valence-corrected chi connectivity index (χ0v) is 12.6. The van der Waals surface area contributed by atoms with Crippen molar-refractivity contribution in [2.75, 3.05) is 7.11 Å². The van der Waals surface area contributed by atoms with Crippen molar-refractivity contribution in [3.05, 3.63) is 53.6 Å². The highest BCUT2D eigenvalue weighted by Gasteiger charge is 2.23. The van der Waals surface area contributed by atoms with Crippen LogP contribution in [0.3, 0.4) is 0 Å². The fourth-order valence-corrected chi connectivity index (χ4v) is 3.10. The molecule has 5 heteroatoms. The average Bonchev–Trinajstić information content (AvgIpc) is 2.97. The van der Waals surface area contributed by atoms with Gasteiger partial charge in [0.15, 0.2) is 5.78 Å². The second-order valence-corrected chi connectivity index (χ2v) is 5.51. The van der Waals surface area contributed by atoms with Gasteiger partial charge in [-0.2, -0.15) is 0 Å². The molecule has 4 rings (SSSR count). The predicted molar refractivity (Wildman–Crippen MR) is 85.5 cm³/mol. The van der Waals surface area contributed by atoms with E-state index in [1.165, 1.54) is 7.11 Å². The zero-order valence-electron chi connectivity index (χ0n) is 12.6. The molecule has 0 spiro atoms. The first-order valence-electron chi connectivity index (χ1n) is 7.40. The molecule has 23 heavy (non-hydrogen) atoms. The minimum absolute atomic E-state index is 0.151. The Morgan fingerprint density at radius 1 is 1.22 bits per heavy atom. The number of benzene rings is 2. The lowest BCUT2D eigenvalue weighted by molar-refractivity contribution is 0.0600. The number of hydrogen-bond donors (Lipinski definition) is 0. The molecule has 0 saturated heterocycles. The van der Waals surface area contributed by atoms with Gasteiger partial charge in [0.1, 0.15) is 5.82 Å². The second-order valence-electron chi connectivity index (χ2n) is 5.51. The molecule has 1 aromatic heterocycles. The Morgan fingerprint density at radius 3 is 2.87 bits per heavy atom. The van der Waals surface area contributed by atoms with Gasteiger partial charge in [-0.3, -0.25) is 4.79 Å². The van der Waals surface area contributed by atoms with Crippen molar-refractivity contribution in [1.29, 1.82) is 0 Å².